The molecule has 0 saturated carbocycles. The third kappa shape index (κ3) is 5.81. The molecule has 7 nitrogen and oxygen atoms in total. The van der Waals surface area contributed by atoms with E-state index in [2.05, 4.69) is 10.3 Å². The molecule has 0 aliphatic carbocycles. The largest absolute Gasteiger partial charge is 0.511 e. The van der Waals surface area contributed by atoms with E-state index >= 15 is 0 Å². The molecule has 0 fully saturated rings. The smallest absolute Gasteiger partial charge is 0.490 e. The summed E-state index contributed by atoms with van der Waals surface area (Å²) >= 11 is 5.91. The molecular formula is C16H15ClF3N3O4S. The number of aromatic nitrogens is 1. The molecule has 28 heavy (non-hydrogen) atoms. The van der Waals surface area contributed by atoms with Crippen LogP contribution in [-0.4, -0.2) is 37.5 Å². The predicted octanol–water partition coefficient (Wildman–Crippen LogP) is 3.19. The first-order valence-electron chi connectivity index (χ1n) is 7.73. The van der Waals surface area contributed by atoms with Crippen LogP contribution in [0.1, 0.15) is 17.3 Å². The van der Waals surface area contributed by atoms with Crippen molar-refractivity contribution in [1.82, 2.24) is 9.71 Å². The number of ether oxygens (including phenoxy) is 1. The van der Waals surface area contributed by atoms with E-state index in [0.717, 1.165) is 6.20 Å². The Morgan fingerprint density at radius 1 is 1.29 bits per heavy atom. The van der Waals surface area contributed by atoms with Gasteiger partial charge in [-0.1, -0.05) is 29.8 Å². The Kier molecular flexibility index (Phi) is 6.86. The van der Waals surface area contributed by atoms with Crippen molar-refractivity contribution in [3.63, 3.8) is 0 Å². The fourth-order valence-electron chi connectivity index (χ4n) is 1.97. The zero-order valence-corrected chi connectivity index (χ0v) is 15.9. The van der Waals surface area contributed by atoms with Crippen LogP contribution in [0.5, 0.6) is 5.75 Å². The lowest BCUT2D eigenvalue weighted by Gasteiger charge is -2.16. The molecule has 0 radical (unpaired) electrons. The number of rotatable bonds is 7. The van der Waals surface area contributed by atoms with Crippen LogP contribution in [0.25, 0.3) is 0 Å². The standard InChI is InChI=1S/C16H15ClF3N3O4S/c1-10(23-28(25,26)16(18,19)20)9-27-12-7-13(14(17)21-8-12)15(24)22-11-5-3-2-4-6-11/h2-8,10,23H,9H2,1H3,(H,22,24)/t10-/m0/s1. The minimum absolute atomic E-state index is 0.0217. The lowest BCUT2D eigenvalue weighted by molar-refractivity contribution is -0.0451. The summed E-state index contributed by atoms with van der Waals surface area (Å²) in [6, 6.07) is 8.59. The number of halogens is 4. The normalized spacial score (nSPS) is 13.0. The van der Waals surface area contributed by atoms with Crippen molar-refractivity contribution in [2.24, 2.45) is 0 Å². The highest BCUT2D eigenvalue weighted by molar-refractivity contribution is 7.90. The van der Waals surface area contributed by atoms with Crippen LogP contribution in [0.2, 0.25) is 5.15 Å². The number of alkyl halides is 3. The van der Waals surface area contributed by atoms with E-state index in [1.54, 1.807) is 30.3 Å². The van der Waals surface area contributed by atoms with E-state index < -0.39 is 34.1 Å². The second-order valence-corrected chi connectivity index (χ2v) is 7.67. The maximum absolute atomic E-state index is 12.4. The van der Waals surface area contributed by atoms with Crippen LogP contribution >= 0.6 is 11.6 Å². The Morgan fingerprint density at radius 2 is 1.93 bits per heavy atom. The number of hydrogen-bond acceptors (Lipinski definition) is 5. The van der Waals surface area contributed by atoms with Crippen LogP contribution in [-0.2, 0) is 10.0 Å². The number of hydrogen-bond donors (Lipinski definition) is 2. The summed E-state index contributed by atoms with van der Waals surface area (Å²) in [6.07, 6.45) is 1.16. The SMILES string of the molecule is C[C@@H](COc1cnc(Cl)c(C(=O)Nc2ccccc2)c1)NS(=O)(=O)C(F)(F)F. The summed E-state index contributed by atoms with van der Waals surface area (Å²) in [7, 11) is -5.50. The number of pyridine rings is 1. The Hall–Kier alpha value is -2.37. The molecule has 1 heterocycles. The summed E-state index contributed by atoms with van der Waals surface area (Å²) in [5.41, 5.74) is -4.93. The van der Waals surface area contributed by atoms with Crippen LogP contribution in [0, 0.1) is 0 Å². The molecule has 1 aromatic heterocycles. The minimum atomic E-state index is -5.50. The van der Waals surface area contributed by atoms with Crippen LogP contribution < -0.4 is 14.8 Å². The molecule has 0 bridgehead atoms. The summed E-state index contributed by atoms with van der Waals surface area (Å²) in [4.78, 5) is 16.1. The van der Waals surface area contributed by atoms with Crippen LogP contribution in [0.3, 0.4) is 0 Å². The number of carbonyl (C=O) groups excluding carboxylic acids is 1. The van der Waals surface area contributed by atoms with Gasteiger partial charge in [-0.25, -0.2) is 18.1 Å². The first kappa shape index (κ1) is 21.9. The first-order chi connectivity index (χ1) is 13.0. The van der Waals surface area contributed by atoms with Gasteiger partial charge in [0.1, 0.15) is 17.5 Å². The third-order valence-electron chi connectivity index (χ3n) is 3.25. The average Bonchev–Trinajstić information content (AvgIpc) is 2.60. The van der Waals surface area contributed by atoms with Gasteiger partial charge < -0.3 is 10.1 Å². The van der Waals surface area contributed by atoms with Gasteiger partial charge in [-0.05, 0) is 25.1 Å². The zero-order chi connectivity index (χ0) is 20.9. The Labute approximate surface area is 163 Å². The number of nitrogens with one attached hydrogen (secondary N) is 2. The number of para-hydroxylation sites is 1. The minimum Gasteiger partial charge on any atom is -0.490 e. The van der Waals surface area contributed by atoms with Crippen LogP contribution in [0.4, 0.5) is 18.9 Å². The van der Waals surface area contributed by atoms with E-state index in [0.29, 0.717) is 5.69 Å². The fraction of sp³-hybridized carbons (Fsp3) is 0.250. The van der Waals surface area contributed by atoms with Gasteiger partial charge in [0.25, 0.3) is 5.91 Å². The molecule has 2 N–H and O–H groups in total. The maximum atomic E-state index is 12.4. The second-order valence-electron chi connectivity index (χ2n) is 5.61. The molecule has 12 heteroatoms. The highest BCUT2D eigenvalue weighted by atomic mass is 35.5. The van der Waals surface area contributed by atoms with E-state index in [9.17, 15) is 26.4 Å². The number of amides is 1. The first-order valence-corrected chi connectivity index (χ1v) is 9.59. The molecule has 0 aliphatic heterocycles. The summed E-state index contributed by atoms with van der Waals surface area (Å²) in [5, 5.41) is 2.50. The highest BCUT2D eigenvalue weighted by Gasteiger charge is 2.46. The topological polar surface area (TPSA) is 97.4 Å². The van der Waals surface area contributed by atoms with Crippen molar-refractivity contribution in [2.75, 3.05) is 11.9 Å². The molecule has 1 aromatic carbocycles. The molecule has 2 rings (SSSR count). The van der Waals surface area contributed by atoms with Gasteiger partial charge in [0, 0.05) is 5.69 Å². The predicted molar refractivity (Wildman–Crippen MR) is 96.7 cm³/mol. The molecule has 0 aliphatic rings. The van der Waals surface area contributed by atoms with Crippen LogP contribution in [0.15, 0.2) is 42.6 Å². The van der Waals surface area contributed by atoms with E-state index in [1.807, 2.05) is 0 Å². The molecule has 2 aromatic rings. The molecule has 1 atom stereocenters. The van der Waals surface area contributed by atoms with Gasteiger partial charge in [0.2, 0.25) is 0 Å². The lowest BCUT2D eigenvalue weighted by atomic mass is 10.2. The van der Waals surface area contributed by atoms with Gasteiger partial charge in [-0.2, -0.15) is 13.2 Å². The summed E-state index contributed by atoms with van der Waals surface area (Å²) in [5.74, 6) is -0.541. The van der Waals surface area contributed by atoms with Crippen molar-refractivity contribution in [3.8, 4) is 5.75 Å². The molecule has 0 unspecified atom stereocenters. The van der Waals surface area contributed by atoms with Gasteiger partial charge >= 0.3 is 15.5 Å². The number of sulfonamides is 1. The van der Waals surface area contributed by atoms with Gasteiger partial charge in [0.15, 0.2) is 0 Å². The lowest BCUT2D eigenvalue weighted by Crippen LogP contribution is -2.43. The number of nitrogens with zero attached hydrogens (tertiary/aromatic N) is 1. The molecular weight excluding hydrogens is 423 g/mol. The summed E-state index contributed by atoms with van der Waals surface area (Å²) < 4.78 is 65.9. The third-order valence-corrected chi connectivity index (χ3v) is 4.87. The van der Waals surface area contributed by atoms with Crippen molar-refractivity contribution in [1.29, 1.82) is 0 Å². The quantitative estimate of drug-likeness (QED) is 0.648. The average molecular weight is 438 g/mol. The monoisotopic (exact) mass is 437 g/mol. The number of benzene rings is 1. The Balaban J connectivity index is 2.04. The van der Waals surface area contributed by atoms with Crippen molar-refractivity contribution in [2.45, 2.75) is 18.5 Å². The van der Waals surface area contributed by atoms with E-state index in [-0.39, 0.29) is 16.5 Å². The number of carbonyl (C=O) groups is 1. The van der Waals surface area contributed by atoms with E-state index in [1.165, 1.54) is 17.7 Å². The maximum Gasteiger partial charge on any atom is 0.511 e. The zero-order valence-electron chi connectivity index (χ0n) is 14.3. The van der Waals surface area contributed by atoms with Gasteiger partial charge in [-0.15, -0.1) is 0 Å². The molecule has 0 spiro atoms. The molecule has 1 amide bonds. The van der Waals surface area contributed by atoms with Crippen molar-refractivity contribution < 1.29 is 31.1 Å². The van der Waals surface area contributed by atoms with E-state index in [4.69, 9.17) is 16.3 Å². The molecule has 0 saturated heterocycles. The van der Waals surface area contributed by atoms with Gasteiger partial charge in [-0.3, -0.25) is 4.79 Å². The second kappa shape index (κ2) is 8.76. The Bertz CT molecular complexity index is 940. The highest BCUT2D eigenvalue weighted by Crippen LogP contribution is 2.23. The summed E-state index contributed by atoms with van der Waals surface area (Å²) in [6.45, 7) is 0.758. The van der Waals surface area contributed by atoms with Gasteiger partial charge in [0.05, 0.1) is 17.8 Å². The Morgan fingerprint density at radius 3 is 2.54 bits per heavy atom. The fourth-order valence-corrected chi connectivity index (χ4v) is 2.89. The van der Waals surface area contributed by atoms with Crippen molar-refractivity contribution in [3.05, 3.63) is 53.3 Å². The van der Waals surface area contributed by atoms with Crippen molar-refractivity contribution >= 4 is 33.2 Å². The molecule has 152 valence electrons. The number of anilines is 1.